The van der Waals surface area contributed by atoms with E-state index >= 15 is 0 Å². The molecular formula is C11H11N5O3. The van der Waals surface area contributed by atoms with E-state index in [1.54, 1.807) is 12.1 Å². The van der Waals surface area contributed by atoms with Gasteiger partial charge >= 0.3 is 11.2 Å². The number of nitrogens with zero attached hydrogens (tertiary/aromatic N) is 2. The van der Waals surface area contributed by atoms with Gasteiger partial charge in [0.25, 0.3) is 0 Å². The number of hydrogen-bond donors (Lipinski definition) is 3. The van der Waals surface area contributed by atoms with Crippen LogP contribution in [0.5, 0.6) is 0 Å². The minimum absolute atomic E-state index is 0.185. The normalized spacial score (nSPS) is 10.2. The summed E-state index contributed by atoms with van der Waals surface area (Å²) in [4.78, 5) is 27.4. The first-order valence-corrected chi connectivity index (χ1v) is 5.35. The summed E-state index contributed by atoms with van der Waals surface area (Å²) in [5, 5.41) is 13.6. The van der Waals surface area contributed by atoms with E-state index in [9.17, 15) is 14.9 Å². The number of nitrogens with one attached hydrogen (secondary N) is 2. The summed E-state index contributed by atoms with van der Waals surface area (Å²) < 4.78 is 0. The number of hydrogen-bond acceptors (Lipinski definition) is 6. The summed E-state index contributed by atoms with van der Waals surface area (Å²) in [6, 6.07) is 7.09. The van der Waals surface area contributed by atoms with Crippen molar-refractivity contribution in [1.29, 1.82) is 0 Å². The Hall–Kier alpha value is -2.90. The van der Waals surface area contributed by atoms with E-state index in [1.807, 2.05) is 19.1 Å². The molecule has 2 aromatic rings. The molecule has 0 aliphatic carbocycles. The van der Waals surface area contributed by atoms with Crippen LogP contribution in [0.2, 0.25) is 0 Å². The van der Waals surface area contributed by atoms with Gasteiger partial charge in [0.1, 0.15) is 0 Å². The van der Waals surface area contributed by atoms with Crippen LogP contribution in [0.25, 0.3) is 0 Å². The third-order valence-corrected chi connectivity index (χ3v) is 2.41. The maximum Gasteiger partial charge on any atom is 0.376 e. The number of nitrogens with two attached hydrogens (primary N) is 1. The summed E-state index contributed by atoms with van der Waals surface area (Å²) in [6.45, 7) is 1.91. The smallest absolute Gasteiger partial charge is 0.369 e. The second kappa shape index (κ2) is 4.77. The Bertz CT molecular complexity index is 678. The first-order valence-electron chi connectivity index (χ1n) is 5.35. The van der Waals surface area contributed by atoms with Gasteiger partial charge in [-0.2, -0.15) is 4.98 Å². The van der Waals surface area contributed by atoms with E-state index < -0.39 is 16.2 Å². The lowest BCUT2D eigenvalue weighted by Crippen LogP contribution is -2.17. The van der Waals surface area contributed by atoms with Gasteiger partial charge in [0.05, 0.1) is 4.92 Å². The molecule has 8 heteroatoms. The Morgan fingerprint density at radius 1 is 1.37 bits per heavy atom. The predicted octanol–water partition coefficient (Wildman–Crippen LogP) is 1.31. The largest absolute Gasteiger partial charge is 0.376 e. The molecule has 0 atom stereocenters. The van der Waals surface area contributed by atoms with Crippen molar-refractivity contribution in [3.05, 3.63) is 50.3 Å². The number of aromatic amines is 1. The van der Waals surface area contributed by atoms with Gasteiger partial charge in [0.2, 0.25) is 11.8 Å². The van der Waals surface area contributed by atoms with Gasteiger partial charge in [0.15, 0.2) is 0 Å². The molecule has 8 nitrogen and oxygen atoms in total. The van der Waals surface area contributed by atoms with E-state index in [-0.39, 0.29) is 11.8 Å². The molecule has 2 rings (SSSR count). The third kappa shape index (κ3) is 2.68. The summed E-state index contributed by atoms with van der Waals surface area (Å²) in [5.41, 5.74) is 5.42. The van der Waals surface area contributed by atoms with E-state index in [2.05, 4.69) is 15.3 Å². The van der Waals surface area contributed by atoms with Gasteiger partial charge in [-0.3, -0.25) is 19.9 Å². The van der Waals surface area contributed by atoms with E-state index in [1.165, 1.54) is 0 Å². The zero-order valence-electron chi connectivity index (χ0n) is 10.0. The number of nitro groups is 1. The van der Waals surface area contributed by atoms with Crippen molar-refractivity contribution in [2.45, 2.75) is 6.92 Å². The van der Waals surface area contributed by atoms with Crippen LogP contribution < -0.4 is 16.6 Å². The zero-order chi connectivity index (χ0) is 14.0. The van der Waals surface area contributed by atoms with Gasteiger partial charge in [-0.1, -0.05) is 17.7 Å². The first kappa shape index (κ1) is 12.6. The molecule has 0 fully saturated rings. The SMILES string of the molecule is Cc1ccc(Nc2nc(N)[nH]c(=O)c2[N+](=O)[O-])cc1. The Kier molecular flexibility index (Phi) is 3.15. The molecule has 0 saturated heterocycles. The van der Waals surface area contributed by atoms with E-state index in [4.69, 9.17) is 5.73 Å². The van der Waals surface area contributed by atoms with Gasteiger partial charge in [-0.25, -0.2) is 0 Å². The van der Waals surface area contributed by atoms with Gasteiger partial charge in [-0.15, -0.1) is 0 Å². The van der Waals surface area contributed by atoms with Gasteiger partial charge in [-0.05, 0) is 19.1 Å². The monoisotopic (exact) mass is 261 g/mol. The molecule has 1 aromatic heterocycles. The highest BCUT2D eigenvalue weighted by molar-refractivity contribution is 5.65. The quantitative estimate of drug-likeness (QED) is 0.564. The molecule has 0 aliphatic heterocycles. The average molecular weight is 261 g/mol. The molecule has 0 spiro atoms. The van der Waals surface area contributed by atoms with E-state index in [0.29, 0.717) is 5.69 Å². The average Bonchev–Trinajstić information content (AvgIpc) is 2.30. The molecular weight excluding hydrogens is 250 g/mol. The van der Waals surface area contributed by atoms with Crippen LogP contribution in [0.1, 0.15) is 5.56 Å². The Morgan fingerprint density at radius 3 is 2.58 bits per heavy atom. The number of rotatable bonds is 3. The molecule has 19 heavy (non-hydrogen) atoms. The predicted molar refractivity (Wildman–Crippen MR) is 70.4 cm³/mol. The first-order chi connectivity index (χ1) is 8.97. The lowest BCUT2D eigenvalue weighted by atomic mass is 10.2. The molecule has 0 aliphatic rings. The second-order valence-electron chi connectivity index (χ2n) is 3.90. The van der Waals surface area contributed by atoms with Crippen molar-refractivity contribution in [2.24, 2.45) is 0 Å². The standard InChI is InChI=1S/C11H11N5O3/c1-6-2-4-7(5-3-6)13-9-8(16(18)19)10(17)15-11(12)14-9/h2-5H,1H3,(H4,12,13,14,15,17). The second-order valence-corrected chi connectivity index (χ2v) is 3.90. The van der Waals surface area contributed by atoms with Crippen LogP contribution >= 0.6 is 0 Å². The number of aryl methyl sites for hydroxylation is 1. The van der Waals surface area contributed by atoms with Crippen molar-refractivity contribution in [3.63, 3.8) is 0 Å². The highest BCUT2D eigenvalue weighted by Crippen LogP contribution is 2.22. The molecule has 4 N–H and O–H groups in total. The summed E-state index contributed by atoms with van der Waals surface area (Å²) >= 11 is 0. The van der Waals surface area contributed by atoms with Crippen LogP contribution in [-0.4, -0.2) is 14.9 Å². The van der Waals surface area contributed by atoms with Crippen LogP contribution in [-0.2, 0) is 0 Å². The lowest BCUT2D eigenvalue weighted by molar-refractivity contribution is -0.385. The highest BCUT2D eigenvalue weighted by atomic mass is 16.6. The Balaban J connectivity index is 2.47. The molecule has 0 saturated carbocycles. The van der Waals surface area contributed by atoms with Crippen molar-refractivity contribution in [2.75, 3.05) is 11.1 Å². The molecule has 98 valence electrons. The fourth-order valence-corrected chi connectivity index (χ4v) is 1.51. The van der Waals surface area contributed by atoms with Crippen LogP contribution in [0.4, 0.5) is 23.1 Å². The minimum atomic E-state index is -0.896. The maximum absolute atomic E-state index is 11.5. The molecule has 1 heterocycles. The summed E-state index contributed by atoms with van der Waals surface area (Å²) in [7, 11) is 0. The van der Waals surface area contributed by atoms with Crippen molar-refractivity contribution < 1.29 is 4.92 Å². The highest BCUT2D eigenvalue weighted by Gasteiger charge is 2.21. The fraction of sp³-hybridized carbons (Fsp3) is 0.0909. The lowest BCUT2D eigenvalue weighted by Gasteiger charge is -2.06. The minimum Gasteiger partial charge on any atom is -0.369 e. The summed E-state index contributed by atoms with van der Waals surface area (Å²) in [6.07, 6.45) is 0. The Morgan fingerprint density at radius 2 is 2.00 bits per heavy atom. The molecule has 0 amide bonds. The Labute approximate surface area is 107 Å². The van der Waals surface area contributed by atoms with Crippen LogP contribution in [0.15, 0.2) is 29.1 Å². The third-order valence-electron chi connectivity index (χ3n) is 2.41. The van der Waals surface area contributed by atoms with Crippen molar-refractivity contribution >= 4 is 23.1 Å². The molecule has 0 radical (unpaired) electrons. The number of H-pyrrole nitrogens is 1. The molecule has 1 aromatic carbocycles. The van der Waals surface area contributed by atoms with Crippen molar-refractivity contribution in [1.82, 2.24) is 9.97 Å². The summed E-state index contributed by atoms with van der Waals surface area (Å²) in [5.74, 6) is -0.375. The maximum atomic E-state index is 11.5. The fourth-order valence-electron chi connectivity index (χ4n) is 1.51. The topological polar surface area (TPSA) is 127 Å². The number of aromatic nitrogens is 2. The van der Waals surface area contributed by atoms with E-state index in [0.717, 1.165) is 5.56 Å². The van der Waals surface area contributed by atoms with Crippen LogP contribution in [0, 0.1) is 17.0 Å². The van der Waals surface area contributed by atoms with Crippen molar-refractivity contribution in [3.8, 4) is 0 Å². The molecule has 0 bridgehead atoms. The number of nitrogen functional groups attached to an aromatic ring is 1. The number of benzene rings is 1. The number of anilines is 3. The van der Waals surface area contributed by atoms with Gasteiger partial charge < -0.3 is 11.1 Å². The van der Waals surface area contributed by atoms with Gasteiger partial charge in [0, 0.05) is 5.69 Å². The zero-order valence-corrected chi connectivity index (χ0v) is 10.0. The van der Waals surface area contributed by atoms with Crippen LogP contribution in [0.3, 0.4) is 0 Å². The molecule has 0 unspecified atom stereocenters.